The SMILES string of the molecule is CC(CC(C1CCCCC1)C(OCCCc1ccccc1)c1ccccc1)[Si](c1ccccc1)c1ccccc1. The van der Waals surface area contributed by atoms with Gasteiger partial charge >= 0.3 is 0 Å². The van der Waals surface area contributed by atoms with E-state index in [1.165, 1.54) is 60.0 Å². The molecule has 1 radical (unpaired) electrons. The molecule has 4 aromatic rings. The lowest BCUT2D eigenvalue weighted by atomic mass is 9.74. The largest absolute Gasteiger partial charge is 0.373 e. The van der Waals surface area contributed by atoms with E-state index in [-0.39, 0.29) is 6.10 Å². The first kappa shape index (κ1) is 28.6. The average Bonchev–Trinajstić information content (AvgIpc) is 3.03. The zero-order chi connectivity index (χ0) is 27.4. The van der Waals surface area contributed by atoms with Crippen LogP contribution in [0.2, 0.25) is 5.54 Å². The van der Waals surface area contributed by atoms with Gasteiger partial charge in [0.25, 0.3) is 0 Å². The highest BCUT2D eigenvalue weighted by molar-refractivity contribution is 6.86. The first-order valence-electron chi connectivity index (χ1n) is 15.5. The minimum atomic E-state index is -0.941. The molecule has 0 aromatic heterocycles. The molecule has 40 heavy (non-hydrogen) atoms. The lowest BCUT2D eigenvalue weighted by Crippen LogP contribution is -2.46. The molecular weight excluding hydrogens is 501 g/mol. The summed E-state index contributed by atoms with van der Waals surface area (Å²) in [6.07, 6.45) is 10.3. The zero-order valence-corrected chi connectivity index (χ0v) is 25.1. The van der Waals surface area contributed by atoms with Gasteiger partial charge in [-0.2, -0.15) is 0 Å². The Kier molecular flexibility index (Phi) is 10.8. The van der Waals surface area contributed by atoms with Gasteiger partial charge in [-0.1, -0.05) is 171 Å². The third-order valence-corrected chi connectivity index (χ3v) is 11.9. The van der Waals surface area contributed by atoms with E-state index in [1.807, 2.05) is 0 Å². The van der Waals surface area contributed by atoms with Crippen LogP contribution in [0.5, 0.6) is 0 Å². The summed E-state index contributed by atoms with van der Waals surface area (Å²) in [4.78, 5) is 0. The van der Waals surface area contributed by atoms with Crippen molar-refractivity contribution in [2.75, 3.05) is 6.61 Å². The first-order chi connectivity index (χ1) is 19.8. The fraction of sp³-hybridized carbons (Fsp3) is 0.368. The van der Waals surface area contributed by atoms with E-state index in [1.54, 1.807) is 0 Å². The standard InChI is InChI=1S/C38H45OSi/c1-31(40(35-25-13-5-14-26-35)36-27-15-6-16-28-36)30-37(33-21-9-3-10-22-33)38(34-23-11-4-12-24-34)39-29-17-20-32-18-7-2-8-19-32/h2,4-8,11-16,18-19,23-28,31,33,37-38H,3,9-10,17,20-22,29-30H2,1H3. The quantitative estimate of drug-likeness (QED) is 0.121. The molecule has 0 heterocycles. The highest BCUT2D eigenvalue weighted by atomic mass is 28.3. The number of ether oxygens (including phenoxy) is 1. The number of rotatable bonds is 13. The van der Waals surface area contributed by atoms with Crippen molar-refractivity contribution in [1.29, 1.82) is 0 Å². The molecule has 1 saturated carbocycles. The van der Waals surface area contributed by atoms with Gasteiger partial charge in [0.2, 0.25) is 0 Å². The first-order valence-corrected chi connectivity index (χ1v) is 17.1. The molecule has 2 heteroatoms. The van der Waals surface area contributed by atoms with Gasteiger partial charge < -0.3 is 4.74 Å². The van der Waals surface area contributed by atoms with Gasteiger partial charge in [-0.05, 0) is 47.8 Å². The van der Waals surface area contributed by atoms with Crippen LogP contribution in [0.1, 0.15) is 69.1 Å². The van der Waals surface area contributed by atoms with Crippen LogP contribution in [-0.4, -0.2) is 15.4 Å². The van der Waals surface area contributed by atoms with Gasteiger partial charge in [-0.25, -0.2) is 0 Å². The molecule has 1 aliphatic rings. The second kappa shape index (κ2) is 15.2. The van der Waals surface area contributed by atoms with Crippen LogP contribution in [0.15, 0.2) is 121 Å². The van der Waals surface area contributed by atoms with Crippen molar-refractivity contribution in [3.8, 4) is 0 Å². The highest BCUT2D eigenvalue weighted by Crippen LogP contribution is 2.43. The van der Waals surface area contributed by atoms with Crippen molar-refractivity contribution in [2.45, 2.75) is 69.9 Å². The third kappa shape index (κ3) is 7.83. The summed E-state index contributed by atoms with van der Waals surface area (Å²) in [5.74, 6) is 1.26. The summed E-state index contributed by atoms with van der Waals surface area (Å²) >= 11 is 0. The molecule has 1 nitrogen and oxygen atoms in total. The van der Waals surface area contributed by atoms with Crippen LogP contribution < -0.4 is 10.4 Å². The molecule has 0 saturated heterocycles. The topological polar surface area (TPSA) is 9.23 Å². The highest BCUT2D eigenvalue weighted by Gasteiger charge is 2.36. The number of hydrogen-bond acceptors (Lipinski definition) is 1. The molecular formula is C38H45OSi. The molecule has 0 amide bonds. The molecule has 0 spiro atoms. The van der Waals surface area contributed by atoms with Gasteiger partial charge in [0, 0.05) is 6.61 Å². The van der Waals surface area contributed by atoms with E-state index in [0.717, 1.165) is 25.4 Å². The summed E-state index contributed by atoms with van der Waals surface area (Å²) in [5, 5.41) is 3.04. The summed E-state index contributed by atoms with van der Waals surface area (Å²) < 4.78 is 6.97. The second-order valence-corrected chi connectivity index (χ2v) is 14.6. The minimum Gasteiger partial charge on any atom is -0.373 e. The van der Waals surface area contributed by atoms with Crippen molar-refractivity contribution in [2.24, 2.45) is 11.8 Å². The Bertz CT molecular complexity index is 1180. The number of benzene rings is 4. The molecule has 207 valence electrons. The minimum absolute atomic E-state index is 0.150. The summed E-state index contributed by atoms with van der Waals surface area (Å²) in [6.45, 7) is 3.34. The van der Waals surface area contributed by atoms with Crippen LogP contribution in [0.4, 0.5) is 0 Å². The van der Waals surface area contributed by atoms with E-state index >= 15 is 0 Å². The average molecular weight is 546 g/mol. The predicted molar refractivity (Wildman–Crippen MR) is 172 cm³/mol. The predicted octanol–water partition coefficient (Wildman–Crippen LogP) is 8.66. The van der Waals surface area contributed by atoms with Gasteiger partial charge in [0.1, 0.15) is 8.80 Å². The Morgan fingerprint density at radius 2 is 1.20 bits per heavy atom. The summed E-state index contributed by atoms with van der Waals surface area (Å²) in [5.41, 5.74) is 3.36. The fourth-order valence-corrected chi connectivity index (χ4v) is 9.95. The smallest absolute Gasteiger partial charge is 0.124 e. The van der Waals surface area contributed by atoms with Crippen molar-refractivity contribution in [3.05, 3.63) is 132 Å². The normalized spacial score (nSPS) is 16.4. The van der Waals surface area contributed by atoms with E-state index in [2.05, 4.69) is 128 Å². The van der Waals surface area contributed by atoms with Crippen LogP contribution in [0.25, 0.3) is 0 Å². The van der Waals surface area contributed by atoms with E-state index < -0.39 is 8.80 Å². The van der Waals surface area contributed by atoms with Crippen LogP contribution in [0.3, 0.4) is 0 Å². The molecule has 0 aliphatic heterocycles. The maximum absolute atomic E-state index is 6.97. The molecule has 4 aromatic carbocycles. The Labute approximate surface area is 244 Å². The summed E-state index contributed by atoms with van der Waals surface area (Å²) in [6, 6.07) is 44.6. The third-order valence-electron chi connectivity index (χ3n) is 8.81. The molecule has 3 atom stereocenters. The number of aryl methyl sites for hydroxylation is 1. The van der Waals surface area contributed by atoms with Crippen LogP contribution in [-0.2, 0) is 11.2 Å². The maximum atomic E-state index is 6.97. The Hall–Kier alpha value is -2.94. The van der Waals surface area contributed by atoms with Crippen LogP contribution in [0, 0.1) is 11.8 Å². The van der Waals surface area contributed by atoms with Crippen molar-refractivity contribution < 1.29 is 4.74 Å². The molecule has 1 fully saturated rings. The maximum Gasteiger partial charge on any atom is 0.124 e. The van der Waals surface area contributed by atoms with Gasteiger partial charge in [0.05, 0.1) is 6.10 Å². The van der Waals surface area contributed by atoms with Gasteiger partial charge in [0.15, 0.2) is 0 Å². The van der Waals surface area contributed by atoms with Gasteiger partial charge in [-0.15, -0.1) is 0 Å². The molecule has 5 rings (SSSR count). The molecule has 3 unspecified atom stereocenters. The van der Waals surface area contributed by atoms with Gasteiger partial charge in [-0.3, -0.25) is 0 Å². The number of hydrogen-bond donors (Lipinski definition) is 0. The molecule has 0 bridgehead atoms. The molecule has 0 N–H and O–H groups in total. The Morgan fingerprint density at radius 3 is 1.77 bits per heavy atom. The fourth-order valence-electron chi connectivity index (χ4n) is 6.86. The van der Waals surface area contributed by atoms with E-state index in [0.29, 0.717) is 11.5 Å². The van der Waals surface area contributed by atoms with Crippen LogP contribution >= 0.6 is 0 Å². The van der Waals surface area contributed by atoms with Crippen molar-refractivity contribution in [3.63, 3.8) is 0 Å². The van der Waals surface area contributed by atoms with Crippen molar-refractivity contribution in [1.82, 2.24) is 0 Å². The zero-order valence-electron chi connectivity index (χ0n) is 24.1. The van der Waals surface area contributed by atoms with E-state index in [9.17, 15) is 0 Å². The molecule has 1 aliphatic carbocycles. The lowest BCUT2D eigenvalue weighted by Gasteiger charge is -2.39. The Morgan fingerprint density at radius 1 is 0.675 bits per heavy atom. The van der Waals surface area contributed by atoms with Crippen molar-refractivity contribution >= 4 is 19.2 Å². The summed E-state index contributed by atoms with van der Waals surface area (Å²) in [7, 11) is -0.941. The monoisotopic (exact) mass is 545 g/mol. The Balaban J connectivity index is 1.41. The van der Waals surface area contributed by atoms with E-state index in [4.69, 9.17) is 4.74 Å². The second-order valence-electron chi connectivity index (χ2n) is 11.6. The lowest BCUT2D eigenvalue weighted by molar-refractivity contribution is -0.0205.